The van der Waals surface area contributed by atoms with Gasteiger partial charge in [-0.2, -0.15) is 0 Å². The first kappa shape index (κ1) is 14.2. The molecule has 19 heavy (non-hydrogen) atoms. The number of hydrogen-bond acceptors (Lipinski definition) is 5. The minimum atomic E-state index is -1.06. The van der Waals surface area contributed by atoms with Gasteiger partial charge in [-0.1, -0.05) is 0 Å². The third-order valence-corrected chi connectivity index (χ3v) is 2.05. The highest BCUT2D eigenvalue weighted by Gasteiger charge is 2.14. The lowest BCUT2D eigenvalue weighted by Gasteiger charge is -2.06. The zero-order valence-electron chi connectivity index (χ0n) is 9.62. The van der Waals surface area contributed by atoms with Crippen LogP contribution in [0.3, 0.4) is 0 Å². The molecule has 1 aromatic rings. The maximum Gasteiger partial charge on any atom is 0.319 e. The van der Waals surface area contributed by atoms with Gasteiger partial charge in [-0.05, 0) is 12.1 Å². The van der Waals surface area contributed by atoms with Crippen LogP contribution in [0.2, 0.25) is 0 Å². The molecule has 0 aliphatic carbocycles. The fourth-order valence-corrected chi connectivity index (χ4v) is 1.21. The summed E-state index contributed by atoms with van der Waals surface area (Å²) in [5.41, 5.74) is -0.430. The number of aromatic hydroxyl groups is 1. The van der Waals surface area contributed by atoms with E-state index in [-0.39, 0.29) is 18.7 Å². The fraction of sp³-hybridized carbons (Fsp3) is 0.200. The number of urea groups is 1. The number of benzene rings is 1. The summed E-state index contributed by atoms with van der Waals surface area (Å²) in [6.45, 7) is -0.0681. The minimum Gasteiger partial charge on any atom is -0.502 e. The van der Waals surface area contributed by atoms with Crippen molar-refractivity contribution in [2.75, 3.05) is 11.9 Å². The van der Waals surface area contributed by atoms with Crippen LogP contribution in [0.5, 0.6) is 5.75 Å². The molecule has 0 aliphatic rings. The number of hydrogen-bond donors (Lipinski definition) is 4. The van der Waals surface area contributed by atoms with Gasteiger partial charge in [0.2, 0.25) is 0 Å². The van der Waals surface area contributed by atoms with Crippen LogP contribution in [-0.4, -0.2) is 33.7 Å². The van der Waals surface area contributed by atoms with Gasteiger partial charge >= 0.3 is 17.7 Å². The molecule has 0 radical (unpaired) electrons. The Labute approximate surface area is 107 Å². The van der Waals surface area contributed by atoms with Gasteiger partial charge in [-0.15, -0.1) is 0 Å². The van der Waals surface area contributed by atoms with Crippen LogP contribution in [-0.2, 0) is 4.79 Å². The maximum atomic E-state index is 11.3. The normalized spacial score (nSPS) is 9.68. The number of phenols is 1. The topological polar surface area (TPSA) is 142 Å². The first-order chi connectivity index (χ1) is 8.90. The molecule has 1 aromatic carbocycles. The molecule has 0 aromatic heterocycles. The van der Waals surface area contributed by atoms with Crippen LogP contribution in [0.4, 0.5) is 16.2 Å². The molecule has 0 fully saturated rings. The molecule has 0 saturated heterocycles. The number of aliphatic carboxylic acids is 1. The number of carbonyl (C=O) groups excluding carboxylic acids is 1. The zero-order chi connectivity index (χ0) is 14.4. The fourth-order valence-electron chi connectivity index (χ4n) is 1.21. The number of anilines is 1. The van der Waals surface area contributed by atoms with Gasteiger partial charge in [0.05, 0.1) is 11.3 Å². The second-order valence-electron chi connectivity index (χ2n) is 3.49. The van der Waals surface area contributed by atoms with Gasteiger partial charge < -0.3 is 20.8 Å². The Morgan fingerprint density at radius 1 is 1.37 bits per heavy atom. The van der Waals surface area contributed by atoms with Crippen molar-refractivity contribution in [1.82, 2.24) is 5.32 Å². The van der Waals surface area contributed by atoms with Gasteiger partial charge in [0.1, 0.15) is 0 Å². The third kappa shape index (κ3) is 4.50. The number of nitrogens with one attached hydrogen (secondary N) is 2. The van der Waals surface area contributed by atoms with Gasteiger partial charge in [0.15, 0.2) is 5.75 Å². The maximum absolute atomic E-state index is 11.3. The van der Waals surface area contributed by atoms with Gasteiger partial charge in [0, 0.05) is 18.3 Å². The molecule has 0 aliphatic heterocycles. The number of nitrogens with zero attached hydrogens (tertiary/aromatic N) is 1. The van der Waals surface area contributed by atoms with Crippen molar-refractivity contribution >= 4 is 23.4 Å². The Morgan fingerprint density at radius 2 is 2.05 bits per heavy atom. The van der Waals surface area contributed by atoms with E-state index in [1.807, 2.05) is 0 Å². The average Bonchev–Trinajstić information content (AvgIpc) is 2.30. The zero-order valence-corrected chi connectivity index (χ0v) is 9.62. The van der Waals surface area contributed by atoms with E-state index in [2.05, 4.69) is 10.6 Å². The summed E-state index contributed by atoms with van der Waals surface area (Å²) in [7, 11) is 0. The van der Waals surface area contributed by atoms with Crippen molar-refractivity contribution < 1.29 is 24.7 Å². The summed E-state index contributed by atoms with van der Waals surface area (Å²) in [5.74, 6) is -1.57. The van der Waals surface area contributed by atoms with Crippen LogP contribution in [0.15, 0.2) is 18.2 Å². The van der Waals surface area contributed by atoms with Crippen LogP contribution in [0.1, 0.15) is 6.42 Å². The average molecular weight is 269 g/mol. The summed E-state index contributed by atoms with van der Waals surface area (Å²) in [5, 5.41) is 32.7. The number of nitro benzene ring substituents is 1. The third-order valence-electron chi connectivity index (χ3n) is 2.05. The van der Waals surface area contributed by atoms with Crippen molar-refractivity contribution in [1.29, 1.82) is 0 Å². The highest BCUT2D eigenvalue weighted by atomic mass is 16.6. The summed E-state index contributed by atoms with van der Waals surface area (Å²) >= 11 is 0. The van der Waals surface area contributed by atoms with Crippen molar-refractivity contribution in [2.45, 2.75) is 6.42 Å². The molecule has 9 heteroatoms. The lowest BCUT2D eigenvalue weighted by Crippen LogP contribution is -2.30. The van der Waals surface area contributed by atoms with Crippen molar-refractivity contribution in [2.24, 2.45) is 0 Å². The smallest absolute Gasteiger partial charge is 0.319 e. The predicted octanol–water partition coefficient (Wildman–Crippen LogP) is 0.897. The SMILES string of the molecule is O=C(O)CCNC(=O)Nc1ccc(O)c([N+](=O)[O-])c1. The quantitative estimate of drug-likeness (QED) is 0.355. The Hall–Kier alpha value is -2.84. The number of carboxylic acids is 1. The van der Waals surface area contributed by atoms with Gasteiger partial charge in [-0.3, -0.25) is 14.9 Å². The standard InChI is InChI=1S/C10H11N3O6/c14-8-2-1-6(5-7(8)13(18)19)12-10(17)11-4-3-9(15)16/h1-2,5,14H,3-4H2,(H,15,16)(H2,11,12,17). The van der Waals surface area contributed by atoms with Crippen LogP contribution in [0, 0.1) is 10.1 Å². The largest absolute Gasteiger partial charge is 0.502 e. The Bertz CT molecular complexity index is 516. The lowest BCUT2D eigenvalue weighted by atomic mass is 10.2. The molecular formula is C10H11N3O6. The number of rotatable bonds is 5. The van der Waals surface area contributed by atoms with Crippen LogP contribution >= 0.6 is 0 Å². The van der Waals surface area contributed by atoms with Crippen molar-refractivity contribution in [3.05, 3.63) is 28.3 Å². The molecular weight excluding hydrogens is 258 g/mol. The molecule has 0 spiro atoms. The number of nitro groups is 1. The number of phenolic OH excluding ortho intramolecular Hbond substituents is 1. The summed E-state index contributed by atoms with van der Waals surface area (Å²) < 4.78 is 0. The highest BCUT2D eigenvalue weighted by Crippen LogP contribution is 2.28. The molecule has 0 saturated carbocycles. The molecule has 2 amide bonds. The van der Waals surface area contributed by atoms with E-state index in [1.165, 1.54) is 6.07 Å². The lowest BCUT2D eigenvalue weighted by molar-refractivity contribution is -0.385. The first-order valence-corrected chi connectivity index (χ1v) is 5.14. The Kier molecular flexibility index (Phi) is 4.63. The molecule has 1 rings (SSSR count). The van der Waals surface area contributed by atoms with Gasteiger partial charge in [-0.25, -0.2) is 4.79 Å². The molecule has 4 N–H and O–H groups in total. The van der Waals surface area contributed by atoms with Crippen molar-refractivity contribution in [3.63, 3.8) is 0 Å². The Balaban J connectivity index is 2.62. The predicted molar refractivity (Wildman–Crippen MR) is 64.0 cm³/mol. The minimum absolute atomic E-state index is 0.0681. The monoisotopic (exact) mass is 269 g/mol. The number of carbonyl (C=O) groups is 2. The second-order valence-corrected chi connectivity index (χ2v) is 3.49. The molecule has 0 unspecified atom stereocenters. The van der Waals surface area contributed by atoms with Crippen LogP contribution < -0.4 is 10.6 Å². The van der Waals surface area contributed by atoms with E-state index in [4.69, 9.17) is 5.11 Å². The van der Waals surface area contributed by atoms with Crippen molar-refractivity contribution in [3.8, 4) is 5.75 Å². The molecule has 102 valence electrons. The molecule has 0 heterocycles. The van der Waals surface area contributed by atoms with E-state index in [0.29, 0.717) is 0 Å². The van der Waals surface area contributed by atoms with E-state index in [1.54, 1.807) is 0 Å². The summed E-state index contributed by atoms with van der Waals surface area (Å²) in [6, 6.07) is 2.65. The summed E-state index contributed by atoms with van der Waals surface area (Å²) in [4.78, 5) is 31.3. The van der Waals surface area contributed by atoms with E-state index < -0.39 is 28.4 Å². The molecule has 0 atom stereocenters. The highest BCUT2D eigenvalue weighted by molar-refractivity contribution is 5.90. The number of amides is 2. The number of carboxylic acid groups (broad SMARTS) is 1. The Morgan fingerprint density at radius 3 is 2.63 bits per heavy atom. The van der Waals surface area contributed by atoms with E-state index in [9.17, 15) is 24.8 Å². The molecule has 0 bridgehead atoms. The van der Waals surface area contributed by atoms with E-state index >= 15 is 0 Å². The first-order valence-electron chi connectivity index (χ1n) is 5.14. The second kappa shape index (κ2) is 6.19. The van der Waals surface area contributed by atoms with Gasteiger partial charge in [0.25, 0.3) is 0 Å². The van der Waals surface area contributed by atoms with E-state index in [0.717, 1.165) is 12.1 Å². The molecule has 9 nitrogen and oxygen atoms in total. The van der Waals surface area contributed by atoms with Crippen LogP contribution in [0.25, 0.3) is 0 Å². The summed E-state index contributed by atoms with van der Waals surface area (Å²) in [6.07, 6.45) is -0.233.